The standard InChI is InChI=1S/C16H16N2O5S2/c19-15(18-7-6-12(10-18)16(20)21)11-3-1-4-13(9-11)17-25(22,23)14-5-2-8-24-14/h1-5,8-9,12,17H,6-7,10H2,(H,20,21). The van der Waals surface area contributed by atoms with Gasteiger partial charge in [0.25, 0.3) is 15.9 Å². The van der Waals surface area contributed by atoms with Crippen LogP contribution < -0.4 is 4.72 Å². The number of benzene rings is 1. The number of hydrogen-bond acceptors (Lipinski definition) is 5. The van der Waals surface area contributed by atoms with Crippen molar-refractivity contribution in [1.29, 1.82) is 0 Å². The van der Waals surface area contributed by atoms with E-state index in [1.807, 2.05) is 0 Å². The van der Waals surface area contributed by atoms with Crippen molar-refractivity contribution in [2.24, 2.45) is 5.92 Å². The zero-order valence-corrected chi connectivity index (χ0v) is 14.7. The van der Waals surface area contributed by atoms with Crippen molar-refractivity contribution >= 4 is 38.9 Å². The molecule has 3 rings (SSSR count). The fourth-order valence-electron chi connectivity index (χ4n) is 2.67. The van der Waals surface area contributed by atoms with Crippen LogP contribution in [0.3, 0.4) is 0 Å². The maximum atomic E-state index is 12.5. The van der Waals surface area contributed by atoms with Crippen LogP contribution in [0.15, 0.2) is 46.0 Å². The van der Waals surface area contributed by atoms with Crippen molar-refractivity contribution in [3.63, 3.8) is 0 Å². The number of carboxylic acids is 1. The van der Waals surface area contributed by atoms with Gasteiger partial charge in [0.15, 0.2) is 0 Å². The molecule has 1 aromatic heterocycles. The Labute approximate surface area is 149 Å². The van der Waals surface area contributed by atoms with Gasteiger partial charge < -0.3 is 10.0 Å². The smallest absolute Gasteiger partial charge is 0.308 e. The molecular weight excluding hydrogens is 364 g/mol. The van der Waals surface area contributed by atoms with E-state index < -0.39 is 21.9 Å². The molecule has 1 unspecified atom stereocenters. The van der Waals surface area contributed by atoms with Gasteiger partial charge in [-0.2, -0.15) is 0 Å². The molecule has 1 saturated heterocycles. The first-order chi connectivity index (χ1) is 11.9. The Bertz CT molecular complexity index is 893. The maximum absolute atomic E-state index is 12.5. The van der Waals surface area contributed by atoms with Gasteiger partial charge in [0.2, 0.25) is 0 Å². The van der Waals surface area contributed by atoms with Gasteiger partial charge in [-0.25, -0.2) is 8.42 Å². The van der Waals surface area contributed by atoms with Crippen LogP contribution in [0.2, 0.25) is 0 Å². The van der Waals surface area contributed by atoms with E-state index in [0.29, 0.717) is 18.5 Å². The molecule has 2 aromatic rings. The monoisotopic (exact) mass is 380 g/mol. The van der Waals surface area contributed by atoms with E-state index in [4.69, 9.17) is 5.11 Å². The molecule has 1 amide bonds. The van der Waals surface area contributed by atoms with Crippen LogP contribution in [0.1, 0.15) is 16.8 Å². The topological polar surface area (TPSA) is 104 Å². The second-order valence-electron chi connectivity index (χ2n) is 5.69. The summed E-state index contributed by atoms with van der Waals surface area (Å²) in [6.45, 7) is 0.542. The summed E-state index contributed by atoms with van der Waals surface area (Å²) >= 11 is 1.10. The number of nitrogens with one attached hydrogen (secondary N) is 1. The van der Waals surface area contributed by atoms with E-state index >= 15 is 0 Å². The Morgan fingerprint density at radius 1 is 1.24 bits per heavy atom. The van der Waals surface area contributed by atoms with E-state index in [-0.39, 0.29) is 22.3 Å². The van der Waals surface area contributed by atoms with Gasteiger partial charge in [-0.05, 0) is 36.1 Å². The Morgan fingerprint density at radius 2 is 2.04 bits per heavy atom. The van der Waals surface area contributed by atoms with Crippen LogP contribution in [-0.4, -0.2) is 43.4 Å². The Balaban J connectivity index is 1.76. The molecular formula is C16H16N2O5S2. The third-order valence-electron chi connectivity index (χ3n) is 3.95. The Kier molecular flexibility index (Phi) is 4.78. The molecule has 0 saturated carbocycles. The second-order valence-corrected chi connectivity index (χ2v) is 8.55. The van der Waals surface area contributed by atoms with Crippen LogP contribution in [0.25, 0.3) is 0 Å². The van der Waals surface area contributed by atoms with Gasteiger partial charge in [0.05, 0.1) is 5.92 Å². The van der Waals surface area contributed by atoms with E-state index in [9.17, 15) is 18.0 Å². The maximum Gasteiger partial charge on any atom is 0.308 e. The molecule has 1 aliphatic rings. The molecule has 0 bridgehead atoms. The lowest BCUT2D eigenvalue weighted by molar-refractivity contribution is -0.141. The molecule has 2 N–H and O–H groups in total. The fourth-order valence-corrected chi connectivity index (χ4v) is 4.71. The van der Waals surface area contributed by atoms with Gasteiger partial charge in [0, 0.05) is 24.3 Å². The van der Waals surface area contributed by atoms with Crippen molar-refractivity contribution in [3.05, 3.63) is 47.3 Å². The van der Waals surface area contributed by atoms with E-state index in [2.05, 4.69) is 4.72 Å². The summed E-state index contributed by atoms with van der Waals surface area (Å²) in [6, 6.07) is 9.33. The number of amides is 1. The van der Waals surface area contributed by atoms with E-state index in [0.717, 1.165) is 11.3 Å². The van der Waals surface area contributed by atoms with Crippen LogP contribution in [0, 0.1) is 5.92 Å². The van der Waals surface area contributed by atoms with Crippen molar-refractivity contribution in [2.75, 3.05) is 17.8 Å². The first-order valence-corrected chi connectivity index (χ1v) is 9.91. The summed E-state index contributed by atoms with van der Waals surface area (Å²) < 4.78 is 27.2. The number of rotatable bonds is 5. The molecule has 0 spiro atoms. The predicted octanol–water partition coefficient (Wildman–Crippen LogP) is 2.10. The van der Waals surface area contributed by atoms with Gasteiger partial charge in [-0.1, -0.05) is 12.1 Å². The van der Waals surface area contributed by atoms with E-state index in [1.165, 1.54) is 17.0 Å². The summed E-state index contributed by atoms with van der Waals surface area (Å²) in [5.74, 6) is -1.77. The highest BCUT2D eigenvalue weighted by molar-refractivity contribution is 7.94. The van der Waals surface area contributed by atoms with Crippen molar-refractivity contribution in [3.8, 4) is 0 Å². The summed E-state index contributed by atoms with van der Waals surface area (Å²) in [4.78, 5) is 25.0. The normalized spacial score (nSPS) is 17.4. The van der Waals surface area contributed by atoms with Gasteiger partial charge >= 0.3 is 5.97 Å². The van der Waals surface area contributed by atoms with Crippen LogP contribution in [0.4, 0.5) is 5.69 Å². The molecule has 1 aromatic carbocycles. The summed E-state index contributed by atoms with van der Waals surface area (Å²) in [5, 5.41) is 10.7. The van der Waals surface area contributed by atoms with E-state index in [1.54, 1.807) is 29.6 Å². The third kappa shape index (κ3) is 3.83. The largest absolute Gasteiger partial charge is 0.481 e. The lowest BCUT2D eigenvalue weighted by Crippen LogP contribution is -2.30. The first kappa shape index (κ1) is 17.4. The zero-order chi connectivity index (χ0) is 18.0. The number of hydrogen-bond donors (Lipinski definition) is 2. The highest BCUT2D eigenvalue weighted by Gasteiger charge is 2.31. The molecule has 9 heteroatoms. The first-order valence-electron chi connectivity index (χ1n) is 7.55. The van der Waals surface area contributed by atoms with Gasteiger partial charge in [0.1, 0.15) is 4.21 Å². The molecule has 1 aliphatic heterocycles. The number of carbonyl (C=O) groups excluding carboxylic acids is 1. The molecule has 0 radical (unpaired) electrons. The minimum atomic E-state index is -3.69. The number of anilines is 1. The Hall–Kier alpha value is -2.39. The number of thiophene rings is 1. The van der Waals surface area contributed by atoms with Crippen LogP contribution >= 0.6 is 11.3 Å². The quantitative estimate of drug-likeness (QED) is 0.827. The highest BCUT2D eigenvalue weighted by Crippen LogP contribution is 2.23. The predicted molar refractivity (Wildman–Crippen MR) is 93.2 cm³/mol. The summed E-state index contributed by atoms with van der Waals surface area (Å²) in [7, 11) is -3.69. The second kappa shape index (κ2) is 6.85. The zero-order valence-electron chi connectivity index (χ0n) is 13.1. The lowest BCUT2D eigenvalue weighted by Gasteiger charge is -2.16. The van der Waals surface area contributed by atoms with Crippen LogP contribution in [0.5, 0.6) is 0 Å². The molecule has 7 nitrogen and oxygen atoms in total. The summed E-state index contributed by atoms with van der Waals surface area (Å²) in [5.41, 5.74) is 0.602. The average Bonchev–Trinajstić information content (AvgIpc) is 3.26. The van der Waals surface area contributed by atoms with Crippen molar-refractivity contribution in [2.45, 2.75) is 10.6 Å². The van der Waals surface area contributed by atoms with Gasteiger partial charge in [-0.3, -0.25) is 14.3 Å². The molecule has 1 fully saturated rings. The summed E-state index contributed by atoms with van der Waals surface area (Å²) in [6.07, 6.45) is 0.422. The number of carbonyl (C=O) groups is 2. The van der Waals surface area contributed by atoms with Gasteiger partial charge in [-0.15, -0.1) is 11.3 Å². The fraction of sp³-hybridized carbons (Fsp3) is 0.250. The molecule has 1 atom stereocenters. The SMILES string of the molecule is O=C(O)C1CCN(C(=O)c2cccc(NS(=O)(=O)c3cccs3)c2)C1. The van der Waals surface area contributed by atoms with Crippen LogP contribution in [-0.2, 0) is 14.8 Å². The molecule has 25 heavy (non-hydrogen) atoms. The number of nitrogens with zero attached hydrogens (tertiary/aromatic N) is 1. The number of likely N-dealkylation sites (tertiary alicyclic amines) is 1. The van der Waals surface area contributed by atoms with Crippen molar-refractivity contribution < 1.29 is 23.1 Å². The average molecular weight is 380 g/mol. The minimum absolute atomic E-state index is 0.166. The molecule has 0 aliphatic carbocycles. The molecule has 2 heterocycles. The molecule has 132 valence electrons. The number of aliphatic carboxylic acids is 1. The van der Waals surface area contributed by atoms with Crippen molar-refractivity contribution in [1.82, 2.24) is 4.90 Å². The lowest BCUT2D eigenvalue weighted by atomic mass is 10.1. The number of sulfonamides is 1. The number of carboxylic acid groups (broad SMARTS) is 1. The third-order valence-corrected chi connectivity index (χ3v) is 6.73. The minimum Gasteiger partial charge on any atom is -0.481 e. The Morgan fingerprint density at radius 3 is 2.68 bits per heavy atom. The highest BCUT2D eigenvalue weighted by atomic mass is 32.2.